The van der Waals surface area contributed by atoms with Crippen LogP contribution in [0, 0.1) is 5.92 Å². The molecule has 82 valence electrons. The van der Waals surface area contributed by atoms with Gasteiger partial charge in [0.1, 0.15) is 0 Å². The molecule has 3 N–H and O–H groups in total. The zero-order valence-corrected chi connectivity index (χ0v) is 9.12. The van der Waals surface area contributed by atoms with Crippen molar-refractivity contribution in [2.75, 3.05) is 20.1 Å². The molecule has 14 heavy (non-hydrogen) atoms. The molecule has 0 bridgehead atoms. The minimum atomic E-state index is -0.266. The molecule has 0 aliphatic carbocycles. The first-order valence-corrected chi connectivity index (χ1v) is 5.37. The molecular formula is C10H21N3O. The molecule has 2 unspecified atom stereocenters. The van der Waals surface area contributed by atoms with Crippen LogP contribution in [0.25, 0.3) is 0 Å². The highest BCUT2D eigenvalue weighted by atomic mass is 16.2. The maximum Gasteiger partial charge on any atom is 0.315 e. The van der Waals surface area contributed by atoms with Gasteiger partial charge >= 0.3 is 6.03 Å². The summed E-state index contributed by atoms with van der Waals surface area (Å²) in [6.07, 6.45) is 3.39. The van der Waals surface area contributed by atoms with Crippen molar-refractivity contribution in [3.05, 3.63) is 0 Å². The predicted octanol–water partition coefficient (Wildman–Crippen LogP) is 0.775. The van der Waals surface area contributed by atoms with Gasteiger partial charge in [0.05, 0.1) is 0 Å². The summed E-state index contributed by atoms with van der Waals surface area (Å²) in [6, 6.07) is 0.0614. The molecule has 0 aromatic heterocycles. The fourth-order valence-corrected chi connectivity index (χ4v) is 2.28. The Balaban J connectivity index is 2.57. The lowest BCUT2D eigenvalue weighted by Gasteiger charge is -2.38. The minimum absolute atomic E-state index is 0.266. The fourth-order valence-electron chi connectivity index (χ4n) is 2.28. The van der Waals surface area contributed by atoms with Gasteiger partial charge in [-0.2, -0.15) is 0 Å². The smallest absolute Gasteiger partial charge is 0.315 e. The number of nitrogens with zero attached hydrogens (tertiary/aromatic N) is 1. The lowest BCUT2D eigenvalue weighted by Crippen LogP contribution is -2.50. The highest BCUT2D eigenvalue weighted by molar-refractivity contribution is 5.72. The van der Waals surface area contributed by atoms with E-state index in [2.05, 4.69) is 12.2 Å². The topological polar surface area (TPSA) is 58.4 Å². The van der Waals surface area contributed by atoms with E-state index < -0.39 is 0 Å². The Morgan fingerprint density at radius 1 is 1.64 bits per heavy atom. The van der Waals surface area contributed by atoms with Gasteiger partial charge in [-0.3, -0.25) is 0 Å². The second-order valence-electron chi connectivity index (χ2n) is 4.13. The van der Waals surface area contributed by atoms with Crippen molar-refractivity contribution in [3.63, 3.8) is 0 Å². The van der Waals surface area contributed by atoms with Crippen LogP contribution in [0.4, 0.5) is 4.79 Å². The van der Waals surface area contributed by atoms with E-state index in [1.54, 1.807) is 0 Å². The van der Waals surface area contributed by atoms with Crippen molar-refractivity contribution in [1.29, 1.82) is 0 Å². The van der Waals surface area contributed by atoms with Crippen LogP contribution in [0.15, 0.2) is 0 Å². The molecular weight excluding hydrogens is 178 g/mol. The summed E-state index contributed by atoms with van der Waals surface area (Å²) in [4.78, 5) is 13.0. The summed E-state index contributed by atoms with van der Waals surface area (Å²) >= 11 is 0. The van der Waals surface area contributed by atoms with Crippen LogP contribution in [0.5, 0.6) is 0 Å². The molecule has 1 aliphatic rings. The summed E-state index contributed by atoms with van der Waals surface area (Å²) in [6.45, 7) is 3.94. The Labute approximate surface area is 85.8 Å². The normalized spacial score (nSPS) is 24.7. The number of carbonyl (C=O) groups is 1. The van der Waals surface area contributed by atoms with E-state index in [1.165, 1.54) is 6.42 Å². The van der Waals surface area contributed by atoms with Crippen molar-refractivity contribution < 1.29 is 4.79 Å². The van der Waals surface area contributed by atoms with Gasteiger partial charge in [0.15, 0.2) is 0 Å². The highest BCUT2D eigenvalue weighted by Crippen LogP contribution is 2.22. The Morgan fingerprint density at radius 3 is 2.93 bits per heavy atom. The van der Waals surface area contributed by atoms with Crippen LogP contribution in [0.3, 0.4) is 0 Å². The largest absolute Gasteiger partial charge is 0.351 e. The van der Waals surface area contributed by atoms with Crippen LogP contribution >= 0.6 is 0 Å². The quantitative estimate of drug-likeness (QED) is 0.705. The molecule has 0 aromatic rings. The Kier molecular flexibility index (Phi) is 4.20. The molecule has 0 aromatic carbocycles. The van der Waals surface area contributed by atoms with Crippen LogP contribution in [0.1, 0.15) is 26.2 Å². The van der Waals surface area contributed by atoms with Crippen molar-refractivity contribution in [2.45, 2.75) is 32.2 Å². The number of rotatable bonds is 3. The van der Waals surface area contributed by atoms with E-state index in [0.29, 0.717) is 12.0 Å². The van der Waals surface area contributed by atoms with Gasteiger partial charge in [-0.15, -0.1) is 0 Å². The Morgan fingerprint density at radius 2 is 2.36 bits per heavy atom. The molecule has 1 fully saturated rings. The second-order valence-corrected chi connectivity index (χ2v) is 4.13. The van der Waals surface area contributed by atoms with Gasteiger partial charge in [-0.05, 0) is 38.8 Å². The average Bonchev–Trinajstić information content (AvgIpc) is 2.18. The molecule has 1 saturated heterocycles. The maximum absolute atomic E-state index is 11.2. The first-order valence-electron chi connectivity index (χ1n) is 5.37. The standard InChI is InChI=1S/C10H21N3O/c1-8(7-12-2)9-5-3-4-6-13(9)10(11)14/h8-9,12H,3-7H2,1-2H3,(H2,11,14). The number of piperidine rings is 1. The van der Waals surface area contributed by atoms with Crippen LogP contribution in [0.2, 0.25) is 0 Å². The first-order chi connectivity index (χ1) is 6.66. The summed E-state index contributed by atoms with van der Waals surface area (Å²) in [7, 11) is 1.94. The first kappa shape index (κ1) is 11.3. The third-order valence-corrected chi connectivity index (χ3v) is 3.02. The molecule has 2 amide bonds. The number of nitrogens with one attached hydrogen (secondary N) is 1. The molecule has 1 aliphatic heterocycles. The number of hydrogen-bond acceptors (Lipinski definition) is 2. The van der Waals surface area contributed by atoms with E-state index in [4.69, 9.17) is 5.73 Å². The number of hydrogen-bond donors (Lipinski definition) is 2. The Bertz CT molecular complexity index is 196. The summed E-state index contributed by atoms with van der Waals surface area (Å²) in [5.41, 5.74) is 5.36. The molecule has 2 atom stereocenters. The van der Waals surface area contributed by atoms with Crippen LogP contribution < -0.4 is 11.1 Å². The molecule has 1 rings (SSSR count). The third-order valence-electron chi connectivity index (χ3n) is 3.02. The van der Waals surface area contributed by atoms with E-state index in [1.807, 2.05) is 11.9 Å². The summed E-state index contributed by atoms with van der Waals surface area (Å²) in [5, 5.41) is 3.15. The molecule has 4 nitrogen and oxygen atoms in total. The van der Waals surface area contributed by atoms with Crippen molar-refractivity contribution in [1.82, 2.24) is 10.2 Å². The minimum Gasteiger partial charge on any atom is -0.351 e. The van der Waals surface area contributed by atoms with Crippen molar-refractivity contribution in [2.24, 2.45) is 11.7 Å². The molecule has 1 heterocycles. The monoisotopic (exact) mass is 199 g/mol. The summed E-state index contributed by atoms with van der Waals surface area (Å²) < 4.78 is 0. The summed E-state index contributed by atoms with van der Waals surface area (Å²) in [5.74, 6) is 0.479. The SMILES string of the molecule is CNCC(C)C1CCCCN1C(N)=O. The van der Waals surface area contributed by atoms with Gasteiger partial charge in [0, 0.05) is 12.6 Å². The average molecular weight is 199 g/mol. The van der Waals surface area contributed by atoms with E-state index in [-0.39, 0.29) is 6.03 Å². The van der Waals surface area contributed by atoms with E-state index in [0.717, 1.165) is 25.9 Å². The zero-order chi connectivity index (χ0) is 10.6. The lowest BCUT2D eigenvalue weighted by atomic mass is 9.92. The number of amides is 2. The van der Waals surface area contributed by atoms with Gasteiger partial charge < -0.3 is 16.0 Å². The zero-order valence-electron chi connectivity index (χ0n) is 9.12. The molecule has 4 heteroatoms. The number of nitrogens with two attached hydrogens (primary N) is 1. The highest BCUT2D eigenvalue weighted by Gasteiger charge is 2.28. The van der Waals surface area contributed by atoms with Crippen LogP contribution in [-0.4, -0.2) is 37.1 Å². The maximum atomic E-state index is 11.2. The van der Waals surface area contributed by atoms with Gasteiger partial charge in [0.25, 0.3) is 0 Å². The van der Waals surface area contributed by atoms with E-state index >= 15 is 0 Å². The molecule has 0 spiro atoms. The Hall–Kier alpha value is -0.770. The van der Waals surface area contributed by atoms with Gasteiger partial charge in [-0.1, -0.05) is 6.92 Å². The fraction of sp³-hybridized carbons (Fsp3) is 0.900. The van der Waals surface area contributed by atoms with Crippen molar-refractivity contribution in [3.8, 4) is 0 Å². The predicted molar refractivity (Wildman–Crippen MR) is 57.0 cm³/mol. The number of likely N-dealkylation sites (tertiary alicyclic amines) is 1. The number of urea groups is 1. The van der Waals surface area contributed by atoms with Crippen molar-refractivity contribution >= 4 is 6.03 Å². The van der Waals surface area contributed by atoms with Crippen LogP contribution in [-0.2, 0) is 0 Å². The lowest BCUT2D eigenvalue weighted by molar-refractivity contribution is 0.129. The third kappa shape index (κ3) is 2.61. The second kappa shape index (κ2) is 5.20. The number of carbonyl (C=O) groups excluding carboxylic acids is 1. The number of primary amides is 1. The molecule has 0 saturated carbocycles. The van der Waals surface area contributed by atoms with E-state index in [9.17, 15) is 4.79 Å². The van der Waals surface area contributed by atoms with Gasteiger partial charge in [0.2, 0.25) is 0 Å². The molecule has 0 radical (unpaired) electrons. The van der Waals surface area contributed by atoms with Gasteiger partial charge in [-0.25, -0.2) is 4.79 Å².